The average molecular weight is 826 g/mol. The van der Waals surface area contributed by atoms with Crippen molar-refractivity contribution in [2.75, 3.05) is 4.90 Å². The van der Waals surface area contributed by atoms with E-state index < -0.39 is 0 Å². The SMILES string of the molecule is c1ccc2c(-c3ccc(-c4ccc(N(c5ccc(-c6ccc(-c7cccc8ccccc78)cc6)cc5)c5ccc(-c6cccc7c6ccc6ccccc67)cc5)cc4)cc3)cccc2c1. The van der Waals surface area contributed by atoms with Crippen molar-refractivity contribution < 1.29 is 0 Å². The molecule has 0 fully saturated rings. The molecule has 12 rings (SSSR count). The van der Waals surface area contributed by atoms with Crippen LogP contribution < -0.4 is 4.90 Å². The highest BCUT2D eigenvalue weighted by molar-refractivity contribution is 6.12. The van der Waals surface area contributed by atoms with Gasteiger partial charge in [0.25, 0.3) is 0 Å². The fourth-order valence-electron chi connectivity index (χ4n) is 9.77. The van der Waals surface area contributed by atoms with E-state index in [9.17, 15) is 0 Å². The number of anilines is 3. The standard InChI is InChI=1S/C64H43N/c1-4-15-57-48(10-1)13-7-18-59(57)51-26-22-44(23-27-51)46-30-37-54(38-31-46)65(56-41-34-53(35-42-56)62-20-9-21-63-61-17-6-3-12-50(61)36-43-64(62)63)55-39-32-47(33-40-55)45-24-28-52(29-25-45)60-19-8-14-49-11-2-5-16-58(49)60/h1-43H. The molecule has 0 aliphatic carbocycles. The molecular weight excluding hydrogens is 783 g/mol. The summed E-state index contributed by atoms with van der Waals surface area (Å²) in [5.41, 5.74) is 15.4. The van der Waals surface area contributed by atoms with Gasteiger partial charge in [-0.15, -0.1) is 0 Å². The van der Waals surface area contributed by atoms with Gasteiger partial charge in [-0.1, -0.05) is 224 Å². The van der Waals surface area contributed by atoms with Crippen LogP contribution in [0.25, 0.3) is 98.7 Å². The van der Waals surface area contributed by atoms with E-state index in [2.05, 4.69) is 266 Å². The van der Waals surface area contributed by atoms with Crippen molar-refractivity contribution in [2.24, 2.45) is 0 Å². The minimum Gasteiger partial charge on any atom is -0.311 e. The summed E-state index contributed by atoms with van der Waals surface area (Å²) in [6.45, 7) is 0. The lowest BCUT2D eigenvalue weighted by molar-refractivity contribution is 1.28. The van der Waals surface area contributed by atoms with E-state index in [1.165, 1.54) is 98.7 Å². The third-order valence-electron chi connectivity index (χ3n) is 13.1. The van der Waals surface area contributed by atoms with E-state index in [1.54, 1.807) is 0 Å². The molecule has 0 bridgehead atoms. The van der Waals surface area contributed by atoms with Crippen LogP contribution in [0.5, 0.6) is 0 Å². The summed E-state index contributed by atoms with van der Waals surface area (Å²) in [6, 6.07) is 95.1. The van der Waals surface area contributed by atoms with E-state index >= 15 is 0 Å². The predicted molar refractivity (Wildman–Crippen MR) is 278 cm³/mol. The summed E-state index contributed by atoms with van der Waals surface area (Å²) in [5, 5.41) is 10.1. The van der Waals surface area contributed by atoms with Crippen LogP contribution in [0.15, 0.2) is 261 Å². The van der Waals surface area contributed by atoms with Crippen LogP contribution in [0.4, 0.5) is 17.1 Å². The summed E-state index contributed by atoms with van der Waals surface area (Å²) in [5.74, 6) is 0. The Balaban J connectivity index is 0.881. The monoisotopic (exact) mass is 825 g/mol. The van der Waals surface area contributed by atoms with Crippen LogP contribution >= 0.6 is 0 Å². The number of rotatable bonds is 8. The van der Waals surface area contributed by atoms with Gasteiger partial charge in [-0.05, 0) is 135 Å². The smallest absolute Gasteiger partial charge is 0.0462 e. The molecule has 0 aromatic heterocycles. The minimum absolute atomic E-state index is 1.10. The van der Waals surface area contributed by atoms with Gasteiger partial charge in [0.1, 0.15) is 0 Å². The first-order chi connectivity index (χ1) is 32.2. The van der Waals surface area contributed by atoms with Crippen molar-refractivity contribution in [3.05, 3.63) is 261 Å². The Labute approximate surface area is 379 Å². The highest BCUT2D eigenvalue weighted by Crippen LogP contribution is 2.40. The largest absolute Gasteiger partial charge is 0.311 e. The first-order valence-electron chi connectivity index (χ1n) is 22.4. The molecule has 1 nitrogen and oxygen atoms in total. The molecule has 0 saturated carbocycles. The summed E-state index contributed by atoms with van der Waals surface area (Å²) in [4.78, 5) is 2.36. The lowest BCUT2D eigenvalue weighted by Crippen LogP contribution is -2.09. The summed E-state index contributed by atoms with van der Waals surface area (Å²) < 4.78 is 0. The highest BCUT2D eigenvalue weighted by atomic mass is 15.1. The number of hydrogen-bond donors (Lipinski definition) is 0. The molecule has 12 aromatic rings. The first kappa shape index (κ1) is 38.2. The molecule has 0 unspecified atom stereocenters. The van der Waals surface area contributed by atoms with Crippen LogP contribution in [-0.4, -0.2) is 0 Å². The van der Waals surface area contributed by atoms with Gasteiger partial charge < -0.3 is 4.90 Å². The van der Waals surface area contributed by atoms with E-state index in [-0.39, 0.29) is 0 Å². The third kappa shape index (κ3) is 7.10. The zero-order valence-electron chi connectivity index (χ0n) is 35.8. The Morgan fingerprint density at radius 2 is 0.462 bits per heavy atom. The maximum absolute atomic E-state index is 2.36. The maximum Gasteiger partial charge on any atom is 0.0462 e. The summed E-state index contributed by atoms with van der Waals surface area (Å²) in [6.07, 6.45) is 0. The van der Waals surface area contributed by atoms with Crippen molar-refractivity contribution in [3.8, 4) is 55.6 Å². The second-order valence-corrected chi connectivity index (χ2v) is 16.9. The fourth-order valence-corrected chi connectivity index (χ4v) is 9.77. The molecule has 0 heterocycles. The van der Waals surface area contributed by atoms with Crippen molar-refractivity contribution in [3.63, 3.8) is 0 Å². The number of fused-ring (bicyclic) bond motifs is 5. The Kier molecular flexibility index (Phi) is 9.58. The van der Waals surface area contributed by atoms with E-state index in [1.807, 2.05) is 0 Å². The van der Waals surface area contributed by atoms with Crippen LogP contribution in [0, 0.1) is 0 Å². The third-order valence-corrected chi connectivity index (χ3v) is 13.1. The predicted octanol–water partition coefficient (Wildman–Crippen LogP) is 18.1. The van der Waals surface area contributed by atoms with E-state index in [0.29, 0.717) is 0 Å². The molecule has 0 saturated heterocycles. The van der Waals surface area contributed by atoms with Crippen molar-refractivity contribution >= 4 is 60.2 Å². The van der Waals surface area contributed by atoms with Gasteiger partial charge in [-0.3, -0.25) is 0 Å². The minimum atomic E-state index is 1.10. The Morgan fingerprint density at radius 1 is 0.169 bits per heavy atom. The normalized spacial score (nSPS) is 11.4. The molecule has 304 valence electrons. The van der Waals surface area contributed by atoms with Gasteiger partial charge in [-0.2, -0.15) is 0 Å². The van der Waals surface area contributed by atoms with Gasteiger partial charge in [0.2, 0.25) is 0 Å². The molecular formula is C64H43N. The molecule has 0 aliphatic rings. The number of nitrogens with zero attached hydrogens (tertiary/aromatic N) is 1. The second-order valence-electron chi connectivity index (χ2n) is 16.9. The average Bonchev–Trinajstić information content (AvgIpc) is 3.39. The van der Waals surface area contributed by atoms with Gasteiger partial charge in [0.15, 0.2) is 0 Å². The van der Waals surface area contributed by atoms with Gasteiger partial charge in [-0.25, -0.2) is 0 Å². The zero-order chi connectivity index (χ0) is 43.1. The zero-order valence-corrected chi connectivity index (χ0v) is 35.8. The lowest BCUT2D eigenvalue weighted by Gasteiger charge is -2.26. The lowest BCUT2D eigenvalue weighted by atomic mass is 9.94. The first-order valence-corrected chi connectivity index (χ1v) is 22.4. The molecule has 0 amide bonds. The molecule has 0 spiro atoms. The molecule has 65 heavy (non-hydrogen) atoms. The van der Waals surface area contributed by atoms with Crippen molar-refractivity contribution in [1.82, 2.24) is 0 Å². The van der Waals surface area contributed by atoms with Crippen molar-refractivity contribution in [2.45, 2.75) is 0 Å². The maximum atomic E-state index is 2.36. The van der Waals surface area contributed by atoms with Gasteiger partial charge in [0, 0.05) is 17.1 Å². The molecule has 0 atom stereocenters. The topological polar surface area (TPSA) is 3.24 Å². The quantitative estimate of drug-likeness (QED) is 0.138. The highest BCUT2D eigenvalue weighted by Gasteiger charge is 2.16. The number of benzene rings is 12. The van der Waals surface area contributed by atoms with Gasteiger partial charge in [0.05, 0.1) is 0 Å². The molecule has 1 heteroatoms. The summed E-state index contributed by atoms with van der Waals surface area (Å²) >= 11 is 0. The van der Waals surface area contributed by atoms with Crippen LogP contribution in [0.3, 0.4) is 0 Å². The van der Waals surface area contributed by atoms with Gasteiger partial charge >= 0.3 is 0 Å². The molecule has 0 radical (unpaired) electrons. The van der Waals surface area contributed by atoms with Crippen LogP contribution in [0.2, 0.25) is 0 Å². The Hall–Kier alpha value is -8.52. The number of hydrogen-bond acceptors (Lipinski definition) is 1. The van der Waals surface area contributed by atoms with E-state index in [4.69, 9.17) is 0 Å². The van der Waals surface area contributed by atoms with Crippen LogP contribution in [-0.2, 0) is 0 Å². The Morgan fingerprint density at radius 3 is 0.908 bits per heavy atom. The van der Waals surface area contributed by atoms with Crippen molar-refractivity contribution in [1.29, 1.82) is 0 Å². The molecule has 12 aromatic carbocycles. The Bertz CT molecular complexity index is 3480. The van der Waals surface area contributed by atoms with Crippen LogP contribution in [0.1, 0.15) is 0 Å². The van der Waals surface area contributed by atoms with E-state index in [0.717, 1.165) is 17.1 Å². The summed E-state index contributed by atoms with van der Waals surface area (Å²) in [7, 11) is 0. The second kappa shape index (κ2) is 16.3. The fraction of sp³-hybridized carbons (Fsp3) is 0. The molecule has 0 N–H and O–H groups in total. The molecule has 0 aliphatic heterocycles.